The number of aliphatic carboxylic acids is 1. The first-order valence-corrected chi connectivity index (χ1v) is 24.9. The summed E-state index contributed by atoms with van der Waals surface area (Å²) in [5.74, 6) is -2.03. The van der Waals surface area contributed by atoms with E-state index in [-0.39, 0.29) is 0 Å². The molecule has 0 amide bonds. The molecule has 22 atom stereocenters. The Hall–Kier alpha value is -1.69. The average molecular weight is 1070 g/mol. The molecule has 0 bridgehead atoms. The summed E-state index contributed by atoms with van der Waals surface area (Å²) in [6.45, 7) is 0.616. The summed E-state index contributed by atoms with van der Waals surface area (Å²) in [4.78, 5) is 12.6. The first-order chi connectivity index (χ1) is 30.7. The molecular formula is C29H50N2O32S4. The van der Waals surface area contributed by atoms with Crippen LogP contribution < -0.4 is 9.44 Å². The van der Waals surface area contributed by atoms with Gasteiger partial charge in [0.2, 0.25) is 0 Å². The molecule has 8 unspecified atom stereocenters. The summed E-state index contributed by atoms with van der Waals surface area (Å²) in [7, 11) is -21.2. The van der Waals surface area contributed by atoms with Gasteiger partial charge in [-0.1, -0.05) is 0 Å². The Labute approximate surface area is 379 Å². The van der Waals surface area contributed by atoms with Crippen molar-refractivity contribution >= 4 is 47.4 Å². The number of aliphatic hydroxyl groups is 7. The van der Waals surface area contributed by atoms with Crippen LogP contribution >= 0.6 is 0 Å². The first-order valence-electron chi connectivity index (χ1n) is 19.3. The van der Waals surface area contributed by atoms with Crippen molar-refractivity contribution in [2.24, 2.45) is 0 Å². The van der Waals surface area contributed by atoms with Crippen LogP contribution in [0.3, 0.4) is 0 Å². The van der Waals surface area contributed by atoms with Crippen molar-refractivity contribution in [3.63, 3.8) is 0 Å². The lowest BCUT2D eigenvalue weighted by molar-refractivity contribution is -0.358. The zero-order chi connectivity index (χ0) is 50.3. The monoisotopic (exact) mass is 1070 g/mol. The number of hydrogen-bond donors (Lipinski definition) is 14. The maximum atomic E-state index is 12.6. The van der Waals surface area contributed by atoms with Crippen molar-refractivity contribution in [1.82, 2.24) is 9.44 Å². The van der Waals surface area contributed by atoms with Crippen molar-refractivity contribution in [3.8, 4) is 0 Å². The molecular weight excluding hydrogens is 1020 g/mol. The van der Waals surface area contributed by atoms with Gasteiger partial charge in [0.1, 0.15) is 61.0 Å². The Morgan fingerprint density at radius 2 is 1.19 bits per heavy atom. The fourth-order valence-electron chi connectivity index (χ4n) is 7.56. The highest BCUT2D eigenvalue weighted by Gasteiger charge is 2.56. The summed E-state index contributed by atoms with van der Waals surface area (Å²) < 4.78 is 193. The molecule has 392 valence electrons. The number of rotatable bonds is 18. The molecule has 5 fully saturated rings. The highest BCUT2D eigenvalue weighted by molar-refractivity contribution is 7.84. The Morgan fingerprint density at radius 3 is 1.78 bits per heavy atom. The van der Waals surface area contributed by atoms with Crippen molar-refractivity contribution in [3.05, 3.63) is 0 Å². The van der Waals surface area contributed by atoms with E-state index < -0.39 is 209 Å². The van der Waals surface area contributed by atoms with Crippen molar-refractivity contribution < 1.29 is 149 Å². The molecule has 67 heavy (non-hydrogen) atoms. The fourth-order valence-corrected chi connectivity index (χ4v) is 9.53. The zero-order valence-electron chi connectivity index (χ0n) is 34.2. The number of aliphatic hydroxyl groups excluding tert-OH is 7. The van der Waals surface area contributed by atoms with Gasteiger partial charge in [0, 0.05) is 6.42 Å². The fraction of sp³-hybridized carbons (Fsp3) is 0.966. The van der Waals surface area contributed by atoms with Gasteiger partial charge in [0.15, 0.2) is 43.7 Å². The minimum absolute atomic E-state index is 0.665. The van der Waals surface area contributed by atoms with E-state index in [0.29, 0.717) is 0 Å². The Bertz CT molecular complexity index is 2140. The molecule has 0 aromatic heterocycles. The molecule has 0 aromatic rings. The third-order valence-electron chi connectivity index (χ3n) is 10.6. The van der Waals surface area contributed by atoms with Crippen LogP contribution in [0.5, 0.6) is 0 Å². The molecule has 14 N–H and O–H groups in total. The van der Waals surface area contributed by atoms with Crippen LogP contribution in [-0.4, -0.2) is 247 Å². The third kappa shape index (κ3) is 15.2. The quantitative estimate of drug-likeness (QED) is 0.0567. The molecule has 5 rings (SSSR count). The van der Waals surface area contributed by atoms with Crippen LogP contribution in [0.15, 0.2) is 0 Å². The third-order valence-corrected chi connectivity index (χ3v) is 12.7. The lowest BCUT2D eigenvalue weighted by Crippen LogP contribution is -2.66. The second-order valence-corrected chi connectivity index (χ2v) is 20.1. The smallest absolute Gasteiger partial charge is 0.397 e. The molecule has 0 radical (unpaired) electrons. The van der Waals surface area contributed by atoms with Gasteiger partial charge < -0.3 is 83.5 Å². The molecule has 0 aliphatic carbocycles. The van der Waals surface area contributed by atoms with Crippen molar-refractivity contribution in [2.45, 2.75) is 162 Å². The highest BCUT2D eigenvalue weighted by atomic mass is 32.3. The van der Waals surface area contributed by atoms with Crippen molar-refractivity contribution in [1.29, 1.82) is 0 Å². The predicted octanol–water partition coefficient (Wildman–Crippen LogP) is -8.63. The first kappa shape index (κ1) is 56.2. The van der Waals surface area contributed by atoms with Crippen LogP contribution in [0.1, 0.15) is 26.7 Å². The minimum Gasteiger partial charge on any atom is -0.479 e. The summed E-state index contributed by atoms with van der Waals surface area (Å²) in [5, 5.41) is 84.7. The number of carbonyl (C=O) groups is 1. The molecule has 34 nitrogen and oxygen atoms in total. The number of hydrogen-bond acceptors (Lipinski definition) is 27. The zero-order valence-corrected chi connectivity index (χ0v) is 37.5. The lowest BCUT2D eigenvalue weighted by atomic mass is 9.96. The van der Waals surface area contributed by atoms with Gasteiger partial charge in [-0.2, -0.15) is 43.1 Å². The van der Waals surface area contributed by atoms with E-state index in [1.165, 1.54) is 13.8 Å². The Balaban J connectivity index is 1.32. The van der Waals surface area contributed by atoms with Crippen LogP contribution in [0.25, 0.3) is 0 Å². The maximum Gasteiger partial charge on any atom is 0.397 e. The van der Waals surface area contributed by atoms with E-state index in [9.17, 15) is 93.0 Å². The molecule has 5 heterocycles. The van der Waals surface area contributed by atoms with Crippen LogP contribution in [-0.2, 0) is 97.2 Å². The van der Waals surface area contributed by atoms with E-state index in [0.717, 1.165) is 0 Å². The lowest BCUT2D eigenvalue weighted by Gasteiger charge is -2.48. The Morgan fingerprint density at radius 1 is 0.597 bits per heavy atom. The van der Waals surface area contributed by atoms with E-state index >= 15 is 0 Å². The summed E-state index contributed by atoms with van der Waals surface area (Å²) in [6.07, 6.45) is -40.5. The number of carboxylic acid groups (broad SMARTS) is 1. The number of ether oxygens (including phenoxy) is 9. The topological polar surface area (TPSA) is 522 Å². The predicted molar refractivity (Wildman–Crippen MR) is 201 cm³/mol. The molecule has 0 aromatic carbocycles. The average Bonchev–Trinajstić information content (AvgIpc) is 3.17. The van der Waals surface area contributed by atoms with Gasteiger partial charge in [-0.15, -0.1) is 0 Å². The van der Waals surface area contributed by atoms with E-state index in [1.807, 2.05) is 0 Å². The van der Waals surface area contributed by atoms with Gasteiger partial charge in [-0.05, 0) is 20.3 Å². The molecule has 0 spiro atoms. The summed E-state index contributed by atoms with van der Waals surface area (Å²) in [5.41, 5.74) is 0. The highest BCUT2D eigenvalue weighted by Crippen LogP contribution is 2.36. The number of carboxylic acids is 1. The van der Waals surface area contributed by atoms with Gasteiger partial charge in [-0.3, -0.25) is 18.2 Å². The van der Waals surface area contributed by atoms with Crippen molar-refractivity contribution in [2.75, 3.05) is 13.2 Å². The SMILES string of the molecule is CC1O[C@@H](O[C@@H]2C(C(=O)O)O[C@@H](O[C@@H]3C(COS(=O)(=O)O)O[C@H](O)C[C@H]3O)C(OS(=O)(=O)O)[C@H]2O)C(NS(=O)(=O)O)C[C@@H]1O[C@@H]1OC[C@@H](O[C@@H]2OC(C)[C@@H](O)[C@H](O)C2NS(=O)(=O)O)[C@H](O)C1O. The van der Waals surface area contributed by atoms with E-state index in [1.54, 1.807) is 9.44 Å². The molecule has 38 heteroatoms. The molecule has 5 aliphatic heterocycles. The molecule has 5 aliphatic rings. The second kappa shape index (κ2) is 22.0. The standard InChI is InChI=1S/C29H50N2O32S4/c1-7-11(58-28-19(37)17(35)12(5-53-28)59-27-15(31-65(44,45)46)18(36)16(34)8(2)56-27)3-9(30-64(41,42)43)26(55-7)61-22-20(38)23(63-67(50,51)52)29(62-24(22)25(39)40)60-21-10(32)4-14(33)57-13(21)6-54-66(47,48)49/h7-24,26-38H,3-6H2,1-2H3,(H,39,40)(H,41,42,43)(H,44,45,46)(H,47,48,49)(H,50,51,52)/t7?,8?,9?,10-,11+,12-,13?,14+,15?,16-,17+,18-,19?,20+,21+,22+,23?,24?,26+,27+,28+,29-/m1/s1. The summed E-state index contributed by atoms with van der Waals surface area (Å²) >= 11 is 0. The molecule has 0 saturated carbocycles. The largest absolute Gasteiger partial charge is 0.479 e. The van der Waals surface area contributed by atoms with Gasteiger partial charge in [0.25, 0.3) is 0 Å². The van der Waals surface area contributed by atoms with E-state index in [2.05, 4.69) is 8.37 Å². The molecule has 5 saturated heterocycles. The van der Waals surface area contributed by atoms with Crippen LogP contribution in [0.2, 0.25) is 0 Å². The maximum absolute atomic E-state index is 12.6. The normalized spacial score (nSPS) is 44.0. The van der Waals surface area contributed by atoms with Gasteiger partial charge in [0.05, 0.1) is 43.7 Å². The number of nitrogens with one attached hydrogen (secondary N) is 2. The Kier molecular flexibility index (Phi) is 18.4. The summed E-state index contributed by atoms with van der Waals surface area (Å²) in [6, 6.07) is -3.74. The van der Waals surface area contributed by atoms with E-state index in [4.69, 9.17) is 47.2 Å². The minimum atomic E-state index is -5.67. The van der Waals surface area contributed by atoms with Crippen LogP contribution in [0.4, 0.5) is 0 Å². The van der Waals surface area contributed by atoms with Gasteiger partial charge >= 0.3 is 47.4 Å². The van der Waals surface area contributed by atoms with Gasteiger partial charge in [-0.25, -0.2) is 13.2 Å². The van der Waals surface area contributed by atoms with Crippen LogP contribution in [0, 0.1) is 0 Å². The second-order valence-electron chi connectivity index (χ2n) is 15.6.